The normalized spacial score (nSPS) is 12.2. The van der Waals surface area contributed by atoms with Crippen LogP contribution in [0, 0.1) is 0 Å². The minimum Gasteiger partial charge on any atom is -0.461 e. The van der Waals surface area contributed by atoms with Crippen LogP contribution >= 0.6 is 0 Å². The Bertz CT molecular complexity index is 505. The Balaban J connectivity index is 2.37. The quantitative estimate of drug-likeness (QED) is 0.867. The van der Waals surface area contributed by atoms with E-state index in [0.29, 0.717) is 0 Å². The number of hydrogen-bond donors (Lipinski definition) is 1. The summed E-state index contributed by atoms with van der Waals surface area (Å²) in [4.78, 5) is 0. The van der Waals surface area contributed by atoms with Gasteiger partial charge in [-0.3, -0.25) is 0 Å². The molecule has 2 heteroatoms. The van der Waals surface area contributed by atoms with E-state index in [0.717, 1.165) is 24.3 Å². The fourth-order valence-electron chi connectivity index (χ4n) is 1.98. The first kappa shape index (κ1) is 12.2. The van der Waals surface area contributed by atoms with E-state index in [2.05, 4.69) is 45.1 Å². The summed E-state index contributed by atoms with van der Waals surface area (Å²) in [5, 5.41) is 4.77. The van der Waals surface area contributed by atoms with Crippen LogP contribution in [0.2, 0.25) is 0 Å². The molecule has 1 aromatic carbocycles. The molecule has 0 unspecified atom stereocenters. The highest BCUT2D eigenvalue weighted by molar-refractivity contribution is 5.82. The van der Waals surface area contributed by atoms with E-state index in [1.165, 1.54) is 10.9 Å². The molecule has 0 amide bonds. The maximum atomic E-state index is 5.87. The SMILES string of the molecule is CCc1oc2ccccc2c1CNC(C)(C)C. The van der Waals surface area contributed by atoms with E-state index in [9.17, 15) is 0 Å². The molecule has 1 N–H and O–H groups in total. The molecule has 0 saturated carbocycles. The molecule has 2 aromatic rings. The van der Waals surface area contributed by atoms with Crippen molar-refractivity contribution in [1.82, 2.24) is 5.32 Å². The maximum Gasteiger partial charge on any atom is 0.134 e. The van der Waals surface area contributed by atoms with Crippen LogP contribution < -0.4 is 5.32 Å². The molecule has 0 aliphatic heterocycles. The van der Waals surface area contributed by atoms with Gasteiger partial charge in [0.1, 0.15) is 11.3 Å². The zero-order valence-electron chi connectivity index (χ0n) is 11.1. The van der Waals surface area contributed by atoms with Crippen LogP contribution in [-0.2, 0) is 13.0 Å². The number of benzene rings is 1. The van der Waals surface area contributed by atoms with Gasteiger partial charge in [-0.1, -0.05) is 25.1 Å². The number of rotatable bonds is 3. The molecule has 0 spiro atoms. The van der Waals surface area contributed by atoms with Gasteiger partial charge in [-0.15, -0.1) is 0 Å². The van der Waals surface area contributed by atoms with Crippen molar-refractivity contribution >= 4 is 11.0 Å². The topological polar surface area (TPSA) is 25.2 Å². The second-order valence-electron chi connectivity index (χ2n) is 5.46. The summed E-state index contributed by atoms with van der Waals surface area (Å²) in [6.45, 7) is 9.55. The predicted molar refractivity (Wildman–Crippen MR) is 72.2 cm³/mol. The molecule has 1 aromatic heterocycles. The third-order valence-electron chi connectivity index (χ3n) is 2.90. The highest BCUT2D eigenvalue weighted by Crippen LogP contribution is 2.26. The summed E-state index contributed by atoms with van der Waals surface area (Å²) < 4.78 is 5.87. The van der Waals surface area contributed by atoms with Gasteiger partial charge >= 0.3 is 0 Å². The molecule has 0 aliphatic rings. The van der Waals surface area contributed by atoms with Crippen molar-refractivity contribution in [3.63, 3.8) is 0 Å². The first-order valence-corrected chi connectivity index (χ1v) is 6.25. The van der Waals surface area contributed by atoms with Crippen molar-refractivity contribution in [3.05, 3.63) is 35.6 Å². The van der Waals surface area contributed by atoms with Gasteiger partial charge in [0.25, 0.3) is 0 Å². The van der Waals surface area contributed by atoms with Crippen LogP contribution in [0.25, 0.3) is 11.0 Å². The number of furan rings is 1. The lowest BCUT2D eigenvalue weighted by molar-refractivity contribution is 0.421. The molecular weight excluding hydrogens is 210 g/mol. The first-order chi connectivity index (χ1) is 8.01. The Morgan fingerprint density at radius 2 is 1.88 bits per heavy atom. The van der Waals surface area contributed by atoms with Crippen LogP contribution in [0.5, 0.6) is 0 Å². The zero-order chi connectivity index (χ0) is 12.5. The van der Waals surface area contributed by atoms with Gasteiger partial charge in [0.2, 0.25) is 0 Å². The Morgan fingerprint density at radius 1 is 1.18 bits per heavy atom. The Labute approximate surface area is 103 Å². The van der Waals surface area contributed by atoms with E-state index in [4.69, 9.17) is 4.42 Å². The third-order valence-corrected chi connectivity index (χ3v) is 2.90. The molecule has 0 bridgehead atoms. The van der Waals surface area contributed by atoms with Crippen molar-refractivity contribution in [2.24, 2.45) is 0 Å². The Kier molecular flexibility index (Phi) is 3.25. The summed E-state index contributed by atoms with van der Waals surface area (Å²) in [6.07, 6.45) is 0.940. The number of hydrogen-bond acceptors (Lipinski definition) is 2. The van der Waals surface area contributed by atoms with Crippen LogP contribution in [0.4, 0.5) is 0 Å². The summed E-state index contributed by atoms with van der Waals surface area (Å²) >= 11 is 0. The minimum atomic E-state index is 0.128. The average Bonchev–Trinajstić information content (AvgIpc) is 2.63. The molecule has 2 nitrogen and oxygen atoms in total. The fraction of sp³-hybridized carbons (Fsp3) is 0.467. The number of para-hydroxylation sites is 1. The third kappa shape index (κ3) is 2.70. The largest absolute Gasteiger partial charge is 0.461 e. The van der Waals surface area contributed by atoms with Crippen LogP contribution in [0.3, 0.4) is 0 Å². The predicted octanol–water partition coefficient (Wildman–Crippen LogP) is 3.88. The second kappa shape index (κ2) is 4.53. The highest BCUT2D eigenvalue weighted by Gasteiger charge is 2.15. The van der Waals surface area contributed by atoms with Crippen molar-refractivity contribution in [1.29, 1.82) is 0 Å². The molecule has 0 aliphatic carbocycles. The summed E-state index contributed by atoms with van der Waals surface area (Å²) in [6, 6.07) is 8.26. The molecule has 17 heavy (non-hydrogen) atoms. The summed E-state index contributed by atoms with van der Waals surface area (Å²) in [7, 11) is 0. The van der Waals surface area contributed by atoms with Gasteiger partial charge in [0.15, 0.2) is 0 Å². The molecule has 1 heterocycles. The Morgan fingerprint density at radius 3 is 2.53 bits per heavy atom. The van der Waals surface area contributed by atoms with Crippen LogP contribution in [0.1, 0.15) is 39.0 Å². The number of fused-ring (bicyclic) bond motifs is 1. The van der Waals surface area contributed by atoms with Gasteiger partial charge in [-0.25, -0.2) is 0 Å². The molecule has 0 radical (unpaired) electrons. The zero-order valence-corrected chi connectivity index (χ0v) is 11.1. The lowest BCUT2D eigenvalue weighted by Crippen LogP contribution is -2.35. The van der Waals surface area contributed by atoms with E-state index >= 15 is 0 Å². The van der Waals surface area contributed by atoms with Gasteiger partial charge in [-0.05, 0) is 26.8 Å². The fourth-order valence-corrected chi connectivity index (χ4v) is 1.98. The molecule has 2 rings (SSSR count). The molecule has 0 fully saturated rings. The lowest BCUT2D eigenvalue weighted by atomic mass is 10.1. The van der Waals surface area contributed by atoms with Crippen molar-refractivity contribution in [2.45, 2.75) is 46.2 Å². The minimum absolute atomic E-state index is 0.128. The highest BCUT2D eigenvalue weighted by atomic mass is 16.3. The van der Waals surface area contributed by atoms with E-state index in [1.54, 1.807) is 0 Å². The van der Waals surface area contributed by atoms with Crippen LogP contribution in [0.15, 0.2) is 28.7 Å². The van der Waals surface area contributed by atoms with Crippen molar-refractivity contribution < 1.29 is 4.42 Å². The standard InChI is InChI=1S/C15H21NO/c1-5-13-12(10-16-15(2,3)4)11-8-6-7-9-14(11)17-13/h6-9,16H,5,10H2,1-4H3. The smallest absolute Gasteiger partial charge is 0.134 e. The van der Waals surface area contributed by atoms with E-state index in [-0.39, 0.29) is 5.54 Å². The molecule has 0 saturated heterocycles. The molecule has 0 atom stereocenters. The van der Waals surface area contributed by atoms with Crippen molar-refractivity contribution in [2.75, 3.05) is 0 Å². The number of aryl methyl sites for hydroxylation is 1. The van der Waals surface area contributed by atoms with E-state index < -0.39 is 0 Å². The first-order valence-electron chi connectivity index (χ1n) is 6.25. The van der Waals surface area contributed by atoms with E-state index in [1.807, 2.05) is 12.1 Å². The van der Waals surface area contributed by atoms with Gasteiger partial charge in [0.05, 0.1) is 0 Å². The lowest BCUT2D eigenvalue weighted by Gasteiger charge is -2.20. The second-order valence-corrected chi connectivity index (χ2v) is 5.46. The summed E-state index contributed by atoms with van der Waals surface area (Å²) in [5.41, 5.74) is 2.43. The van der Waals surface area contributed by atoms with Crippen molar-refractivity contribution in [3.8, 4) is 0 Å². The maximum absolute atomic E-state index is 5.87. The summed E-state index contributed by atoms with van der Waals surface area (Å²) in [5.74, 6) is 1.10. The Hall–Kier alpha value is -1.28. The average molecular weight is 231 g/mol. The monoisotopic (exact) mass is 231 g/mol. The van der Waals surface area contributed by atoms with Gasteiger partial charge in [0, 0.05) is 29.5 Å². The molecular formula is C15H21NO. The van der Waals surface area contributed by atoms with Gasteiger partial charge in [-0.2, -0.15) is 0 Å². The molecule has 92 valence electrons. The van der Waals surface area contributed by atoms with Crippen LogP contribution in [-0.4, -0.2) is 5.54 Å². The number of nitrogens with one attached hydrogen (secondary N) is 1. The van der Waals surface area contributed by atoms with Gasteiger partial charge < -0.3 is 9.73 Å².